The number of aliphatic hydroxyl groups excluding tert-OH is 8. The van der Waals surface area contributed by atoms with Gasteiger partial charge >= 0.3 is 0 Å². The Bertz CT molecular complexity index is 749. The molecule has 2 rings (SSSR count). The van der Waals surface area contributed by atoms with E-state index < -0.39 is 80.3 Å². The quantitative estimate of drug-likeness (QED) is 0.143. The smallest absolute Gasteiger partial charge is 0.252 e. The maximum Gasteiger partial charge on any atom is 0.252 e. The van der Waals surface area contributed by atoms with E-state index in [-0.39, 0.29) is 0 Å². The molecule has 0 bridgehead atoms. The first-order valence-electron chi connectivity index (χ1n) is 10.2. The van der Waals surface area contributed by atoms with Crippen LogP contribution in [0, 0.1) is 0 Å². The van der Waals surface area contributed by atoms with Crippen molar-refractivity contribution in [1.29, 1.82) is 0 Å². The lowest BCUT2D eigenvalue weighted by molar-refractivity contribution is -0.326. The number of ether oxygens (including phenoxy) is 2. The first-order valence-corrected chi connectivity index (χ1v) is 10.2. The van der Waals surface area contributed by atoms with Crippen molar-refractivity contribution in [1.82, 2.24) is 5.32 Å². The third kappa shape index (κ3) is 6.55. The Morgan fingerprint density at radius 1 is 1.09 bits per heavy atom. The molecular weight excluding hydrogens is 442 g/mol. The number of nitrogens with one attached hydrogen (secondary N) is 1. The van der Waals surface area contributed by atoms with Crippen LogP contribution in [-0.4, -0.2) is 115 Å². The van der Waals surface area contributed by atoms with Crippen LogP contribution in [-0.2, 0) is 14.3 Å². The normalized spacial score (nSPS) is 30.0. The monoisotopic (exact) mass is 473 g/mol. The molecule has 1 heterocycles. The number of benzene rings is 1. The van der Waals surface area contributed by atoms with Crippen LogP contribution in [0.4, 0.5) is 0 Å². The topological polar surface area (TPSA) is 209 Å². The van der Waals surface area contributed by atoms with Crippen molar-refractivity contribution in [3.63, 3.8) is 0 Å². The van der Waals surface area contributed by atoms with E-state index in [4.69, 9.17) is 9.47 Å². The van der Waals surface area contributed by atoms with E-state index in [1.54, 1.807) is 30.3 Å². The summed E-state index contributed by atoms with van der Waals surface area (Å²) in [6, 6.07) is 7.91. The van der Waals surface area contributed by atoms with Gasteiger partial charge in [0.1, 0.15) is 42.7 Å². The summed E-state index contributed by atoms with van der Waals surface area (Å²) in [7, 11) is 0. The highest BCUT2D eigenvalue weighted by molar-refractivity contribution is 5.81. The zero-order valence-corrected chi connectivity index (χ0v) is 17.7. The van der Waals surface area contributed by atoms with Crippen LogP contribution < -0.4 is 5.32 Å². The Kier molecular flexibility index (Phi) is 10.3. The van der Waals surface area contributed by atoms with Crippen molar-refractivity contribution < 1.29 is 55.1 Å². The summed E-state index contributed by atoms with van der Waals surface area (Å²) in [6.45, 7) is 1.90. The minimum absolute atomic E-state index is 0.645. The molecule has 1 amide bonds. The van der Waals surface area contributed by atoms with Gasteiger partial charge in [0.15, 0.2) is 12.4 Å². The van der Waals surface area contributed by atoms with Gasteiger partial charge in [-0.3, -0.25) is 4.79 Å². The summed E-state index contributed by atoms with van der Waals surface area (Å²) < 4.78 is 10.4. The highest BCUT2D eigenvalue weighted by Gasteiger charge is 2.47. The van der Waals surface area contributed by atoms with Gasteiger partial charge in [0, 0.05) is 0 Å². The third-order valence-corrected chi connectivity index (χ3v) is 5.33. The van der Waals surface area contributed by atoms with Crippen molar-refractivity contribution in [3.8, 4) is 0 Å². The number of aliphatic hydroxyl groups is 8. The summed E-state index contributed by atoms with van der Waals surface area (Å²) in [5, 5.41) is 81.9. The van der Waals surface area contributed by atoms with Crippen molar-refractivity contribution in [2.45, 2.75) is 61.2 Å². The molecule has 186 valence electrons. The number of carbonyl (C=O) groups excluding carboxylic acids is 1. The van der Waals surface area contributed by atoms with Crippen LogP contribution in [0.15, 0.2) is 43.0 Å². The van der Waals surface area contributed by atoms with Gasteiger partial charge in [-0.1, -0.05) is 36.4 Å². The lowest BCUT2D eigenvalue weighted by Crippen LogP contribution is -2.62. The van der Waals surface area contributed by atoms with Gasteiger partial charge in [0.25, 0.3) is 5.91 Å². The molecule has 0 saturated carbocycles. The fourth-order valence-corrected chi connectivity index (χ4v) is 3.35. The summed E-state index contributed by atoms with van der Waals surface area (Å²) in [5.74, 6) is -1.05. The molecule has 1 saturated heterocycles. The van der Waals surface area contributed by atoms with E-state index in [0.29, 0.717) is 5.56 Å². The van der Waals surface area contributed by atoms with Crippen LogP contribution in [0.1, 0.15) is 11.6 Å². The van der Waals surface area contributed by atoms with Crippen LogP contribution in [0.5, 0.6) is 0 Å². The average molecular weight is 473 g/mol. The molecule has 0 radical (unpaired) electrons. The fourth-order valence-electron chi connectivity index (χ4n) is 3.35. The predicted molar refractivity (Wildman–Crippen MR) is 111 cm³/mol. The number of hydrogen-bond donors (Lipinski definition) is 9. The Labute approximate surface area is 190 Å². The summed E-state index contributed by atoms with van der Waals surface area (Å²) in [6.07, 6.45) is -15.1. The van der Waals surface area contributed by atoms with Crippen molar-refractivity contribution in [2.24, 2.45) is 0 Å². The van der Waals surface area contributed by atoms with E-state index >= 15 is 0 Å². The standard InChI is InChI=1S/C21H31NO11/c1-2-11(10-6-4-3-5-7-10)22-20(31)17(29)16(28)19(12(25)8-23)33-21-18(30)15(27)14(26)13(9-24)32-21/h2-7,11-19,21,23-30H,1,8-9H2,(H,22,31)/t11?,12-,13-,14+,15+,16-,17-,18-,19-,21+/m1/s1. The lowest BCUT2D eigenvalue weighted by atomic mass is 9.98. The maximum atomic E-state index is 12.5. The molecule has 1 aromatic carbocycles. The van der Waals surface area contributed by atoms with Crippen LogP contribution in [0.3, 0.4) is 0 Å². The molecule has 1 unspecified atom stereocenters. The Morgan fingerprint density at radius 2 is 1.73 bits per heavy atom. The average Bonchev–Trinajstić information content (AvgIpc) is 2.84. The van der Waals surface area contributed by atoms with E-state index in [2.05, 4.69) is 11.9 Å². The highest BCUT2D eigenvalue weighted by atomic mass is 16.7. The largest absolute Gasteiger partial charge is 0.394 e. The van der Waals surface area contributed by atoms with Gasteiger partial charge in [-0.15, -0.1) is 6.58 Å². The summed E-state index contributed by atoms with van der Waals surface area (Å²) in [4.78, 5) is 12.5. The molecule has 0 aromatic heterocycles. The summed E-state index contributed by atoms with van der Waals surface area (Å²) in [5.41, 5.74) is 0.645. The van der Waals surface area contributed by atoms with Gasteiger partial charge in [-0.05, 0) is 5.56 Å². The maximum absolute atomic E-state index is 12.5. The number of hydrogen-bond acceptors (Lipinski definition) is 11. The molecule has 0 aliphatic carbocycles. The molecule has 10 atom stereocenters. The Hall–Kier alpha value is -1.97. The molecule has 1 fully saturated rings. The minimum Gasteiger partial charge on any atom is -0.394 e. The van der Waals surface area contributed by atoms with Gasteiger partial charge < -0.3 is 55.6 Å². The fraction of sp³-hybridized carbons (Fsp3) is 0.571. The second-order valence-electron chi connectivity index (χ2n) is 7.62. The van der Waals surface area contributed by atoms with Crippen molar-refractivity contribution in [3.05, 3.63) is 48.6 Å². The SMILES string of the molecule is C=CC(NC(=O)[C@H](O)[C@@H](O)[C@H](O[C@@H]1O[C@H](CO)[C@H](O)[C@H](O)[C@H]1O)[C@H](O)CO)c1ccccc1. The predicted octanol–water partition coefficient (Wildman–Crippen LogP) is -3.71. The Balaban J connectivity index is 2.14. The van der Waals surface area contributed by atoms with Gasteiger partial charge in [-0.2, -0.15) is 0 Å². The van der Waals surface area contributed by atoms with Crippen LogP contribution in [0.2, 0.25) is 0 Å². The van der Waals surface area contributed by atoms with E-state index in [0.717, 1.165) is 0 Å². The first kappa shape index (κ1) is 27.3. The van der Waals surface area contributed by atoms with Gasteiger partial charge in [0.2, 0.25) is 0 Å². The molecule has 1 aromatic rings. The van der Waals surface area contributed by atoms with E-state index in [1.165, 1.54) is 6.08 Å². The van der Waals surface area contributed by atoms with Crippen molar-refractivity contribution in [2.75, 3.05) is 13.2 Å². The third-order valence-electron chi connectivity index (χ3n) is 5.33. The first-order chi connectivity index (χ1) is 15.7. The van der Waals surface area contributed by atoms with Gasteiger partial charge in [0.05, 0.1) is 19.3 Å². The molecular formula is C21H31NO11. The summed E-state index contributed by atoms with van der Waals surface area (Å²) >= 11 is 0. The van der Waals surface area contributed by atoms with Crippen molar-refractivity contribution >= 4 is 5.91 Å². The lowest BCUT2D eigenvalue weighted by Gasteiger charge is -2.42. The second kappa shape index (κ2) is 12.5. The molecule has 1 aliphatic heterocycles. The second-order valence-corrected chi connectivity index (χ2v) is 7.62. The van der Waals surface area contributed by atoms with E-state index in [1.807, 2.05) is 0 Å². The minimum atomic E-state index is -2.16. The zero-order valence-electron chi connectivity index (χ0n) is 17.7. The Morgan fingerprint density at radius 3 is 2.27 bits per heavy atom. The molecule has 1 aliphatic rings. The molecule has 33 heavy (non-hydrogen) atoms. The molecule has 12 heteroatoms. The van der Waals surface area contributed by atoms with Crippen LogP contribution in [0.25, 0.3) is 0 Å². The van der Waals surface area contributed by atoms with E-state index in [9.17, 15) is 45.6 Å². The number of rotatable bonds is 11. The molecule has 9 N–H and O–H groups in total. The van der Waals surface area contributed by atoms with Gasteiger partial charge in [-0.25, -0.2) is 0 Å². The van der Waals surface area contributed by atoms with Crippen LogP contribution >= 0.6 is 0 Å². The number of amides is 1. The number of carbonyl (C=O) groups is 1. The molecule has 12 nitrogen and oxygen atoms in total. The zero-order chi connectivity index (χ0) is 24.7. The highest BCUT2D eigenvalue weighted by Crippen LogP contribution is 2.25. The molecule has 0 spiro atoms.